The summed E-state index contributed by atoms with van der Waals surface area (Å²) in [5, 5.41) is 0. The molecule has 3 fully saturated rings. The fourth-order valence-electron chi connectivity index (χ4n) is 3.90. The maximum Gasteiger partial charge on any atom is 0.475 e. The van der Waals surface area contributed by atoms with Gasteiger partial charge in [0.15, 0.2) is 0 Å². The van der Waals surface area contributed by atoms with Crippen LogP contribution in [0.5, 0.6) is 0 Å². The zero-order chi connectivity index (χ0) is 20.9. The normalized spacial score (nSPS) is 32.0. The summed E-state index contributed by atoms with van der Waals surface area (Å²) in [6, 6.07) is 9.87. The first-order valence-corrected chi connectivity index (χ1v) is 11.1. The second-order valence-electron chi connectivity index (χ2n) is 7.82. The van der Waals surface area contributed by atoms with Crippen molar-refractivity contribution in [2.24, 2.45) is 0 Å². The predicted molar refractivity (Wildman–Crippen MR) is 102 cm³/mol. The lowest BCUT2D eigenvalue weighted by Crippen LogP contribution is -2.34. The van der Waals surface area contributed by atoms with E-state index in [0.29, 0.717) is 0 Å². The Kier molecular flexibility index (Phi) is 4.79. The third-order valence-electron chi connectivity index (χ3n) is 5.82. The van der Waals surface area contributed by atoms with Crippen molar-refractivity contribution < 1.29 is 27.3 Å². The van der Waals surface area contributed by atoms with Crippen LogP contribution in [-0.4, -0.2) is 35.0 Å². The van der Waals surface area contributed by atoms with Gasteiger partial charge in [-0.2, -0.15) is 4.39 Å². The van der Waals surface area contributed by atoms with Gasteiger partial charge in [0.25, 0.3) is 5.56 Å². The molecule has 1 aromatic heterocycles. The van der Waals surface area contributed by atoms with E-state index in [2.05, 4.69) is 0 Å². The Morgan fingerprint density at radius 3 is 2.73 bits per heavy atom. The molecule has 3 aliphatic rings. The lowest BCUT2D eigenvalue weighted by atomic mass is 9.97. The van der Waals surface area contributed by atoms with Crippen LogP contribution in [0, 0.1) is 5.82 Å². The molecule has 11 heteroatoms. The van der Waals surface area contributed by atoms with Crippen LogP contribution in [0.3, 0.4) is 0 Å². The highest BCUT2D eigenvalue weighted by atomic mass is 31.2. The number of aromatic amines is 1. The van der Waals surface area contributed by atoms with Crippen molar-refractivity contribution in [3.05, 3.63) is 68.7 Å². The lowest BCUT2D eigenvalue weighted by Gasteiger charge is -2.30. The fourth-order valence-corrected chi connectivity index (χ4v) is 5.38. The van der Waals surface area contributed by atoms with E-state index in [0.717, 1.165) is 29.2 Å². The van der Waals surface area contributed by atoms with Crippen LogP contribution < -0.4 is 11.2 Å². The van der Waals surface area contributed by atoms with E-state index in [9.17, 15) is 18.5 Å². The molecular weight excluding hydrogens is 418 g/mol. The van der Waals surface area contributed by atoms with Gasteiger partial charge in [-0.25, -0.2) is 9.36 Å². The molecule has 0 bridgehead atoms. The Labute approximate surface area is 170 Å². The summed E-state index contributed by atoms with van der Waals surface area (Å²) < 4.78 is 49.8. The monoisotopic (exact) mass is 438 g/mol. The summed E-state index contributed by atoms with van der Waals surface area (Å²) in [4.78, 5) is 25.1. The molecule has 1 aromatic carbocycles. The van der Waals surface area contributed by atoms with E-state index in [4.69, 9.17) is 18.3 Å². The molecule has 9 nitrogen and oxygen atoms in total. The summed E-state index contributed by atoms with van der Waals surface area (Å²) in [5.74, 6) is -1.10. The number of H-pyrrole nitrogens is 1. The number of hydrogen-bond acceptors (Lipinski definition) is 7. The zero-order valence-electron chi connectivity index (χ0n) is 15.9. The summed E-state index contributed by atoms with van der Waals surface area (Å²) in [5.41, 5.74) is -0.965. The SMILES string of the molecule is O=c1[nH]c(=O)n([C@H]2C[C@@H]3OP(=O)(OCC4(c5ccccc5)CC4)OC[C@H]3O2)cc1F. The van der Waals surface area contributed by atoms with Crippen LogP contribution in [-0.2, 0) is 28.3 Å². The zero-order valence-corrected chi connectivity index (χ0v) is 16.8. The Balaban J connectivity index is 1.26. The molecule has 0 spiro atoms. The Morgan fingerprint density at radius 2 is 2.00 bits per heavy atom. The van der Waals surface area contributed by atoms with E-state index < -0.39 is 43.3 Å². The quantitative estimate of drug-likeness (QED) is 0.713. The van der Waals surface area contributed by atoms with E-state index in [1.165, 1.54) is 0 Å². The average Bonchev–Trinajstić information content (AvgIpc) is 3.43. The van der Waals surface area contributed by atoms with Gasteiger partial charge in [-0.1, -0.05) is 30.3 Å². The number of aromatic nitrogens is 2. The highest BCUT2D eigenvalue weighted by molar-refractivity contribution is 7.48. The van der Waals surface area contributed by atoms with Crippen molar-refractivity contribution in [1.29, 1.82) is 0 Å². The number of benzene rings is 1. The molecule has 1 N–H and O–H groups in total. The van der Waals surface area contributed by atoms with Gasteiger partial charge in [-0.15, -0.1) is 0 Å². The smallest absolute Gasteiger partial charge is 0.349 e. The molecule has 2 saturated heterocycles. The van der Waals surface area contributed by atoms with Crippen molar-refractivity contribution >= 4 is 7.82 Å². The molecule has 30 heavy (non-hydrogen) atoms. The minimum Gasteiger partial charge on any atom is -0.349 e. The van der Waals surface area contributed by atoms with Crippen LogP contribution in [0.25, 0.3) is 0 Å². The van der Waals surface area contributed by atoms with E-state index in [-0.39, 0.29) is 25.0 Å². The third kappa shape index (κ3) is 3.59. The average molecular weight is 438 g/mol. The highest BCUT2D eigenvalue weighted by Gasteiger charge is 2.51. The van der Waals surface area contributed by atoms with Gasteiger partial charge in [-0.3, -0.25) is 27.9 Å². The second-order valence-corrected chi connectivity index (χ2v) is 9.44. The molecule has 0 amide bonds. The Hall–Kier alpha value is -2.10. The van der Waals surface area contributed by atoms with E-state index in [1.807, 2.05) is 35.3 Å². The minimum atomic E-state index is -3.81. The van der Waals surface area contributed by atoms with Gasteiger partial charge in [0.1, 0.15) is 18.4 Å². The van der Waals surface area contributed by atoms with Crippen LogP contribution in [0.2, 0.25) is 0 Å². The van der Waals surface area contributed by atoms with Gasteiger partial charge in [0, 0.05) is 11.8 Å². The number of rotatable bonds is 5. The molecular formula is C19H20FN2O7P. The molecule has 3 heterocycles. The summed E-state index contributed by atoms with van der Waals surface area (Å²) >= 11 is 0. The largest absolute Gasteiger partial charge is 0.475 e. The van der Waals surface area contributed by atoms with Gasteiger partial charge < -0.3 is 4.74 Å². The minimum absolute atomic E-state index is 0.0443. The van der Waals surface area contributed by atoms with Crippen LogP contribution in [0.4, 0.5) is 4.39 Å². The maximum absolute atomic E-state index is 13.6. The Bertz CT molecular complexity index is 1110. The van der Waals surface area contributed by atoms with Gasteiger partial charge in [0.05, 0.1) is 19.4 Å². The van der Waals surface area contributed by atoms with Gasteiger partial charge >= 0.3 is 13.5 Å². The first-order chi connectivity index (χ1) is 14.4. The van der Waals surface area contributed by atoms with Crippen LogP contribution in [0.1, 0.15) is 31.1 Å². The number of fused-ring (bicyclic) bond motifs is 1. The first-order valence-electron chi connectivity index (χ1n) is 9.67. The number of nitrogens with one attached hydrogen (secondary N) is 1. The van der Waals surface area contributed by atoms with Crippen molar-refractivity contribution in [1.82, 2.24) is 9.55 Å². The molecule has 160 valence electrons. The molecule has 1 saturated carbocycles. The molecule has 2 aliphatic heterocycles. The number of ether oxygens (including phenoxy) is 1. The van der Waals surface area contributed by atoms with E-state index in [1.54, 1.807) is 0 Å². The van der Waals surface area contributed by atoms with Gasteiger partial charge in [0.2, 0.25) is 5.82 Å². The molecule has 1 unspecified atom stereocenters. The third-order valence-corrected chi connectivity index (χ3v) is 7.25. The molecule has 5 rings (SSSR count). The van der Waals surface area contributed by atoms with Crippen LogP contribution in [0.15, 0.2) is 46.1 Å². The summed E-state index contributed by atoms with van der Waals surface area (Å²) in [7, 11) is -3.81. The first kappa shape index (κ1) is 19.8. The fraction of sp³-hybridized carbons (Fsp3) is 0.474. The van der Waals surface area contributed by atoms with Crippen molar-refractivity contribution in [3.63, 3.8) is 0 Å². The summed E-state index contributed by atoms with van der Waals surface area (Å²) in [6.45, 7) is 0.165. The van der Waals surface area contributed by atoms with Crippen LogP contribution >= 0.6 is 7.82 Å². The molecule has 4 atom stereocenters. The standard InChI is InChI=1S/C19H20FN2O7P/c20-13-9-22(18(24)21-17(13)23)16-8-14-15(28-16)10-26-30(25,29-14)27-11-19(6-7-19)12-4-2-1-3-5-12/h1-5,9,14-16H,6-8,10-11H2,(H,21,23,24)/t14-,15+,16+,30?/m0/s1. The number of phosphoric ester groups is 1. The molecule has 1 aliphatic carbocycles. The Morgan fingerprint density at radius 1 is 1.23 bits per heavy atom. The number of phosphoric acid groups is 1. The number of hydrogen-bond donors (Lipinski definition) is 1. The van der Waals surface area contributed by atoms with Gasteiger partial charge in [-0.05, 0) is 18.4 Å². The topological polar surface area (TPSA) is 109 Å². The highest BCUT2D eigenvalue weighted by Crippen LogP contribution is 2.59. The van der Waals surface area contributed by atoms with E-state index >= 15 is 0 Å². The second kappa shape index (κ2) is 7.25. The summed E-state index contributed by atoms with van der Waals surface area (Å²) in [6.07, 6.45) is 0.653. The lowest BCUT2D eigenvalue weighted by molar-refractivity contribution is -0.0730. The van der Waals surface area contributed by atoms with Crippen molar-refractivity contribution in [2.45, 2.75) is 43.1 Å². The van der Waals surface area contributed by atoms with Crippen molar-refractivity contribution in [2.75, 3.05) is 13.2 Å². The number of halogens is 1. The maximum atomic E-state index is 13.6. The number of nitrogens with zero attached hydrogens (tertiary/aromatic N) is 1. The predicted octanol–water partition coefficient (Wildman–Crippen LogP) is 2.24. The van der Waals surface area contributed by atoms with Crippen molar-refractivity contribution in [3.8, 4) is 0 Å². The molecule has 2 aromatic rings. The molecule has 0 radical (unpaired) electrons.